The molecule has 1 saturated heterocycles. The summed E-state index contributed by atoms with van der Waals surface area (Å²) in [5.74, 6) is 0.696. The highest BCUT2D eigenvalue weighted by atomic mass is 32.2. The largest absolute Gasteiger partial charge is 0.497 e. The van der Waals surface area contributed by atoms with E-state index in [0.717, 1.165) is 18.7 Å². The zero-order valence-electron chi connectivity index (χ0n) is 23.5. The van der Waals surface area contributed by atoms with Crippen LogP contribution in [0.15, 0.2) is 35.2 Å². The van der Waals surface area contributed by atoms with Crippen molar-refractivity contribution in [1.29, 1.82) is 0 Å². The van der Waals surface area contributed by atoms with Gasteiger partial charge in [0.1, 0.15) is 11.5 Å². The number of Topliss-reactive ketones (excluding diaryl/α,β-unsaturated/α-hetero) is 1. The predicted molar refractivity (Wildman–Crippen MR) is 150 cm³/mol. The molecule has 0 aliphatic carbocycles. The molecule has 2 aromatic carbocycles. The highest BCUT2D eigenvalue weighted by molar-refractivity contribution is 7.89. The number of anilines is 1. The van der Waals surface area contributed by atoms with Crippen LogP contribution in [0.3, 0.4) is 0 Å². The molecule has 204 valence electrons. The molecule has 0 atom stereocenters. The third-order valence-corrected chi connectivity index (χ3v) is 9.70. The lowest BCUT2D eigenvalue weighted by Crippen LogP contribution is -2.42. The lowest BCUT2D eigenvalue weighted by atomic mass is 10.00. The number of hydrogen-bond acceptors (Lipinski definition) is 6. The van der Waals surface area contributed by atoms with Gasteiger partial charge in [0.25, 0.3) is 0 Å². The molecule has 3 rings (SSSR count). The van der Waals surface area contributed by atoms with E-state index in [-0.39, 0.29) is 23.6 Å². The SMILES string of the molecule is COc1cc(C)c(S(=O)(=O)N(C)CCC(=O)CCc2ccc(N3CCC(N(C)C)CC3)c(C)c2)c(C)c1. The van der Waals surface area contributed by atoms with E-state index in [1.807, 2.05) is 0 Å². The fourth-order valence-electron chi connectivity index (χ4n) is 5.25. The van der Waals surface area contributed by atoms with Crippen LogP contribution in [-0.4, -0.2) is 77.3 Å². The molecule has 37 heavy (non-hydrogen) atoms. The molecule has 7 nitrogen and oxygen atoms in total. The number of carbonyl (C=O) groups is 1. The number of carbonyl (C=O) groups excluding carboxylic acids is 1. The van der Waals surface area contributed by atoms with Crippen LogP contribution >= 0.6 is 0 Å². The zero-order chi connectivity index (χ0) is 27.3. The number of aryl methyl sites for hydroxylation is 4. The minimum absolute atomic E-state index is 0.0673. The van der Waals surface area contributed by atoms with Crippen LogP contribution in [0.5, 0.6) is 5.75 Å². The lowest BCUT2D eigenvalue weighted by molar-refractivity contribution is -0.119. The van der Waals surface area contributed by atoms with Crippen molar-refractivity contribution in [2.24, 2.45) is 0 Å². The van der Waals surface area contributed by atoms with E-state index in [1.54, 1.807) is 33.1 Å². The Morgan fingerprint density at radius 1 is 0.973 bits per heavy atom. The smallest absolute Gasteiger partial charge is 0.243 e. The minimum Gasteiger partial charge on any atom is -0.497 e. The van der Waals surface area contributed by atoms with Gasteiger partial charge in [-0.15, -0.1) is 0 Å². The Morgan fingerprint density at radius 3 is 2.14 bits per heavy atom. The number of piperidine rings is 1. The number of hydrogen-bond donors (Lipinski definition) is 0. The number of methoxy groups -OCH3 is 1. The normalized spacial score (nSPS) is 15.0. The highest BCUT2D eigenvalue weighted by Crippen LogP contribution is 2.28. The summed E-state index contributed by atoms with van der Waals surface area (Å²) < 4.78 is 32.9. The van der Waals surface area contributed by atoms with Crippen LogP contribution in [-0.2, 0) is 21.2 Å². The summed E-state index contributed by atoms with van der Waals surface area (Å²) in [6.07, 6.45) is 3.61. The molecule has 1 heterocycles. The summed E-state index contributed by atoms with van der Waals surface area (Å²) in [6, 6.07) is 10.6. The van der Waals surface area contributed by atoms with Crippen molar-refractivity contribution in [1.82, 2.24) is 9.21 Å². The van der Waals surface area contributed by atoms with Crippen LogP contribution in [0, 0.1) is 20.8 Å². The first-order valence-corrected chi connectivity index (χ1v) is 14.5. The molecule has 1 fully saturated rings. The summed E-state index contributed by atoms with van der Waals surface area (Å²) in [5.41, 5.74) is 4.93. The van der Waals surface area contributed by atoms with Crippen LogP contribution in [0.25, 0.3) is 0 Å². The Morgan fingerprint density at radius 2 is 1.59 bits per heavy atom. The number of ketones is 1. The van der Waals surface area contributed by atoms with E-state index in [9.17, 15) is 13.2 Å². The molecule has 0 aromatic heterocycles. The monoisotopic (exact) mass is 529 g/mol. The third kappa shape index (κ3) is 7.12. The lowest BCUT2D eigenvalue weighted by Gasteiger charge is -2.37. The third-order valence-electron chi connectivity index (χ3n) is 7.53. The van der Waals surface area contributed by atoms with E-state index >= 15 is 0 Å². The maximum atomic E-state index is 13.2. The molecule has 1 aliphatic heterocycles. The van der Waals surface area contributed by atoms with Gasteiger partial charge >= 0.3 is 0 Å². The maximum Gasteiger partial charge on any atom is 0.243 e. The van der Waals surface area contributed by atoms with Gasteiger partial charge in [0.05, 0.1) is 12.0 Å². The van der Waals surface area contributed by atoms with Crippen molar-refractivity contribution in [3.63, 3.8) is 0 Å². The molecule has 0 spiro atoms. The molecule has 0 amide bonds. The maximum absolute atomic E-state index is 13.2. The Balaban J connectivity index is 1.53. The summed E-state index contributed by atoms with van der Waals surface area (Å²) in [4.78, 5) is 17.7. The van der Waals surface area contributed by atoms with Gasteiger partial charge in [-0.05, 0) is 94.6 Å². The number of sulfonamides is 1. The Bertz CT molecular complexity index is 1180. The average molecular weight is 530 g/mol. The second-order valence-corrected chi connectivity index (χ2v) is 12.5. The second-order valence-electron chi connectivity index (χ2n) is 10.5. The molecule has 8 heteroatoms. The Labute approximate surface area is 223 Å². The average Bonchev–Trinajstić information content (AvgIpc) is 2.85. The van der Waals surface area contributed by atoms with Crippen molar-refractivity contribution in [3.05, 3.63) is 52.6 Å². The fraction of sp³-hybridized carbons (Fsp3) is 0.552. The van der Waals surface area contributed by atoms with E-state index < -0.39 is 10.0 Å². The Kier molecular flexibility index (Phi) is 9.78. The van der Waals surface area contributed by atoms with Crippen molar-refractivity contribution in [2.75, 3.05) is 52.8 Å². The molecule has 0 saturated carbocycles. The highest BCUT2D eigenvalue weighted by Gasteiger charge is 2.26. The van der Waals surface area contributed by atoms with Crippen LogP contribution in [0.2, 0.25) is 0 Å². The van der Waals surface area contributed by atoms with Crippen molar-refractivity contribution in [2.45, 2.75) is 63.8 Å². The van der Waals surface area contributed by atoms with Gasteiger partial charge < -0.3 is 14.5 Å². The van der Waals surface area contributed by atoms with Gasteiger partial charge in [0, 0.05) is 51.3 Å². The standard InChI is InChI=1S/C29H43N3O4S/c1-21-18-24(9-11-28(21)32-16-12-25(13-17-32)30(4)5)8-10-26(33)14-15-31(6)37(34,35)29-22(2)19-27(36-7)20-23(29)3/h9,11,18-20,25H,8,10,12-17H2,1-7H3. The van der Waals surface area contributed by atoms with Gasteiger partial charge in [0.15, 0.2) is 0 Å². The molecule has 0 unspecified atom stereocenters. The first-order valence-electron chi connectivity index (χ1n) is 13.1. The van der Waals surface area contributed by atoms with Gasteiger partial charge in [-0.2, -0.15) is 0 Å². The number of benzene rings is 2. The summed E-state index contributed by atoms with van der Waals surface area (Å²) in [5, 5.41) is 0. The zero-order valence-corrected chi connectivity index (χ0v) is 24.3. The van der Waals surface area contributed by atoms with E-state index in [0.29, 0.717) is 35.8 Å². The number of nitrogens with zero attached hydrogens (tertiary/aromatic N) is 3. The van der Waals surface area contributed by atoms with Crippen molar-refractivity contribution >= 4 is 21.5 Å². The van der Waals surface area contributed by atoms with E-state index in [2.05, 4.69) is 49.0 Å². The van der Waals surface area contributed by atoms with E-state index in [1.165, 1.54) is 35.4 Å². The second kappa shape index (κ2) is 12.4. The molecule has 0 bridgehead atoms. The summed E-state index contributed by atoms with van der Waals surface area (Å²) in [7, 11) is 3.71. The Hall–Kier alpha value is -2.42. The molecule has 0 N–H and O–H groups in total. The number of rotatable bonds is 11. The fourth-order valence-corrected chi connectivity index (χ4v) is 6.83. The van der Waals surface area contributed by atoms with Gasteiger partial charge in [-0.3, -0.25) is 4.79 Å². The van der Waals surface area contributed by atoms with E-state index in [4.69, 9.17) is 4.74 Å². The molecule has 2 aromatic rings. The minimum atomic E-state index is -3.70. The van der Waals surface area contributed by atoms with Crippen LogP contribution in [0.1, 0.15) is 47.9 Å². The molecule has 1 aliphatic rings. The molecular formula is C29H43N3O4S. The molecule has 0 radical (unpaired) electrons. The predicted octanol–water partition coefficient (Wildman–Crippen LogP) is 4.36. The summed E-state index contributed by atoms with van der Waals surface area (Å²) >= 11 is 0. The quantitative estimate of drug-likeness (QED) is 0.431. The first-order chi connectivity index (χ1) is 17.4. The van der Waals surface area contributed by atoms with Crippen LogP contribution < -0.4 is 9.64 Å². The van der Waals surface area contributed by atoms with Gasteiger partial charge in [-0.25, -0.2) is 12.7 Å². The summed E-state index contributed by atoms with van der Waals surface area (Å²) in [6.45, 7) is 7.95. The van der Waals surface area contributed by atoms with Crippen molar-refractivity contribution < 1.29 is 17.9 Å². The van der Waals surface area contributed by atoms with Gasteiger partial charge in [-0.1, -0.05) is 12.1 Å². The van der Waals surface area contributed by atoms with Crippen LogP contribution in [0.4, 0.5) is 5.69 Å². The van der Waals surface area contributed by atoms with Crippen molar-refractivity contribution in [3.8, 4) is 5.75 Å². The topological polar surface area (TPSA) is 70.2 Å². The number of ether oxygens (including phenoxy) is 1. The van der Waals surface area contributed by atoms with Gasteiger partial charge in [0.2, 0.25) is 10.0 Å². The first kappa shape index (κ1) is 29.1. The molecular weight excluding hydrogens is 486 g/mol.